The Hall–Kier alpha value is -1.74. The Morgan fingerprint density at radius 1 is 1.33 bits per heavy atom. The maximum atomic E-state index is 5.93. The Morgan fingerprint density at radius 3 is 2.72 bits per heavy atom. The summed E-state index contributed by atoms with van der Waals surface area (Å²) in [5.74, 6) is 0. The second kappa shape index (κ2) is 5.74. The van der Waals surface area contributed by atoms with Crippen LogP contribution in [0.4, 0.5) is 5.69 Å². The molecule has 0 fully saturated rings. The predicted octanol–water partition coefficient (Wildman–Crippen LogP) is 3.11. The minimum Gasteiger partial charge on any atom is -0.472 e. The average Bonchev–Trinajstić information content (AvgIpc) is 2.89. The van der Waals surface area contributed by atoms with E-state index in [0.29, 0.717) is 6.54 Å². The van der Waals surface area contributed by atoms with Crippen molar-refractivity contribution >= 4 is 5.69 Å². The van der Waals surface area contributed by atoms with Gasteiger partial charge in [0.25, 0.3) is 0 Å². The SMILES string of the molecule is CCN(c1cccc(C)c1)C(CN)c1ccoc1. The highest BCUT2D eigenvalue weighted by Gasteiger charge is 2.19. The van der Waals surface area contributed by atoms with Crippen LogP contribution in [-0.2, 0) is 0 Å². The molecule has 2 aromatic rings. The lowest BCUT2D eigenvalue weighted by Gasteiger charge is -2.31. The normalized spacial score (nSPS) is 12.4. The fourth-order valence-corrected chi connectivity index (χ4v) is 2.30. The van der Waals surface area contributed by atoms with Gasteiger partial charge < -0.3 is 15.1 Å². The summed E-state index contributed by atoms with van der Waals surface area (Å²) in [5.41, 5.74) is 9.52. The van der Waals surface area contributed by atoms with E-state index in [1.165, 1.54) is 11.3 Å². The van der Waals surface area contributed by atoms with E-state index in [9.17, 15) is 0 Å². The van der Waals surface area contributed by atoms with E-state index >= 15 is 0 Å². The van der Waals surface area contributed by atoms with Gasteiger partial charge in [-0.3, -0.25) is 0 Å². The average molecular weight is 244 g/mol. The highest BCUT2D eigenvalue weighted by molar-refractivity contribution is 5.50. The summed E-state index contributed by atoms with van der Waals surface area (Å²) in [6.45, 7) is 5.73. The zero-order chi connectivity index (χ0) is 13.0. The monoisotopic (exact) mass is 244 g/mol. The number of hydrogen-bond acceptors (Lipinski definition) is 3. The molecule has 3 nitrogen and oxygen atoms in total. The van der Waals surface area contributed by atoms with Crippen LogP contribution in [0.25, 0.3) is 0 Å². The van der Waals surface area contributed by atoms with Gasteiger partial charge in [0.15, 0.2) is 0 Å². The quantitative estimate of drug-likeness (QED) is 0.878. The van der Waals surface area contributed by atoms with Gasteiger partial charge in [-0.25, -0.2) is 0 Å². The lowest BCUT2D eigenvalue weighted by molar-refractivity contribution is 0.554. The molecule has 0 amide bonds. The van der Waals surface area contributed by atoms with Crippen molar-refractivity contribution < 1.29 is 4.42 Å². The van der Waals surface area contributed by atoms with E-state index in [0.717, 1.165) is 12.1 Å². The van der Waals surface area contributed by atoms with E-state index in [1.54, 1.807) is 12.5 Å². The molecule has 1 unspecified atom stereocenters. The smallest absolute Gasteiger partial charge is 0.0955 e. The summed E-state index contributed by atoms with van der Waals surface area (Å²) >= 11 is 0. The summed E-state index contributed by atoms with van der Waals surface area (Å²) in [4.78, 5) is 2.30. The molecule has 0 aliphatic rings. The van der Waals surface area contributed by atoms with Crippen molar-refractivity contribution in [2.45, 2.75) is 19.9 Å². The number of furan rings is 1. The van der Waals surface area contributed by atoms with Gasteiger partial charge in [-0.2, -0.15) is 0 Å². The van der Waals surface area contributed by atoms with Gasteiger partial charge in [-0.05, 0) is 37.6 Å². The molecule has 1 aromatic carbocycles. The van der Waals surface area contributed by atoms with Crippen LogP contribution >= 0.6 is 0 Å². The Balaban J connectivity index is 2.32. The van der Waals surface area contributed by atoms with Crippen LogP contribution < -0.4 is 10.6 Å². The summed E-state index contributed by atoms with van der Waals surface area (Å²) < 4.78 is 5.17. The van der Waals surface area contributed by atoms with Crippen molar-refractivity contribution in [1.29, 1.82) is 0 Å². The molecule has 0 aliphatic carbocycles. The van der Waals surface area contributed by atoms with Crippen molar-refractivity contribution in [1.82, 2.24) is 0 Å². The molecule has 1 aromatic heterocycles. The molecular weight excluding hydrogens is 224 g/mol. The number of anilines is 1. The first-order valence-corrected chi connectivity index (χ1v) is 6.31. The summed E-state index contributed by atoms with van der Waals surface area (Å²) in [6.07, 6.45) is 3.47. The van der Waals surface area contributed by atoms with Gasteiger partial charge in [0.2, 0.25) is 0 Å². The first-order chi connectivity index (χ1) is 8.76. The third-order valence-corrected chi connectivity index (χ3v) is 3.20. The maximum absolute atomic E-state index is 5.93. The van der Waals surface area contributed by atoms with Crippen molar-refractivity contribution in [3.8, 4) is 0 Å². The first kappa shape index (κ1) is 12.7. The zero-order valence-electron chi connectivity index (χ0n) is 11.0. The van der Waals surface area contributed by atoms with Crippen molar-refractivity contribution in [3.63, 3.8) is 0 Å². The second-order valence-electron chi connectivity index (χ2n) is 4.43. The number of nitrogens with two attached hydrogens (primary N) is 1. The van der Waals surface area contributed by atoms with Crippen LogP contribution in [0.3, 0.4) is 0 Å². The van der Waals surface area contributed by atoms with Crippen LogP contribution in [-0.4, -0.2) is 13.1 Å². The molecule has 2 N–H and O–H groups in total. The molecule has 2 rings (SSSR count). The largest absolute Gasteiger partial charge is 0.472 e. The van der Waals surface area contributed by atoms with Gasteiger partial charge in [0.1, 0.15) is 0 Å². The molecule has 18 heavy (non-hydrogen) atoms. The van der Waals surface area contributed by atoms with Gasteiger partial charge in [0.05, 0.1) is 18.6 Å². The van der Waals surface area contributed by atoms with Crippen LogP contribution in [0.15, 0.2) is 47.3 Å². The molecule has 0 bridgehead atoms. The van der Waals surface area contributed by atoms with Gasteiger partial charge in [-0.1, -0.05) is 12.1 Å². The molecule has 3 heteroatoms. The number of aryl methyl sites for hydroxylation is 1. The van der Waals surface area contributed by atoms with Crippen molar-refractivity contribution in [2.24, 2.45) is 5.73 Å². The predicted molar refractivity (Wildman–Crippen MR) is 74.7 cm³/mol. The molecule has 0 radical (unpaired) electrons. The number of benzene rings is 1. The lowest BCUT2D eigenvalue weighted by atomic mass is 10.1. The highest BCUT2D eigenvalue weighted by Crippen LogP contribution is 2.27. The van der Waals surface area contributed by atoms with Crippen LogP contribution in [0.5, 0.6) is 0 Å². The molecule has 0 spiro atoms. The minimum atomic E-state index is 0.163. The van der Waals surface area contributed by atoms with E-state index in [4.69, 9.17) is 10.2 Å². The van der Waals surface area contributed by atoms with Crippen molar-refractivity contribution in [2.75, 3.05) is 18.0 Å². The second-order valence-corrected chi connectivity index (χ2v) is 4.43. The Labute approximate surface area is 108 Å². The Kier molecular flexibility index (Phi) is 4.05. The lowest BCUT2D eigenvalue weighted by Crippen LogP contribution is -2.33. The van der Waals surface area contributed by atoms with Gasteiger partial charge >= 0.3 is 0 Å². The topological polar surface area (TPSA) is 42.4 Å². The number of nitrogens with zero attached hydrogens (tertiary/aromatic N) is 1. The minimum absolute atomic E-state index is 0.163. The third kappa shape index (κ3) is 2.57. The Morgan fingerprint density at radius 2 is 2.17 bits per heavy atom. The first-order valence-electron chi connectivity index (χ1n) is 6.31. The standard InChI is InChI=1S/C15H20N2O/c1-3-17(14-6-4-5-12(2)9-14)15(10-16)13-7-8-18-11-13/h4-9,11,15H,3,10,16H2,1-2H3. The molecule has 96 valence electrons. The zero-order valence-corrected chi connectivity index (χ0v) is 11.0. The van der Waals surface area contributed by atoms with Crippen LogP contribution in [0.1, 0.15) is 24.1 Å². The molecule has 0 saturated heterocycles. The summed E-state index contributed by atoms with van der Waals surface area (Å²) in [7, 11) is 0. The summed E-state index contributed by atoms with van der Waals surface area (Å²) in [6, 6.07) is 10.6. The molecular formula is C15H20N2O. The van der Waals surface area contributed by atoms with Gasteiger partial charge in [-0.15, -0.1) is 0 Å². The molecule has 1 atom stereocenters. The molecule has 1 heterocycles. The van der Waals surface area contributed by atoms with E-state index < -0.39 is 0 Å². The fourth-order valence-electron chi connectivity index (χ4n) is 2.30. The van der Waals surface area contributed by atoms with E-state index in [1.807, 2.05) is 6.07 Å². The highest BCUT2D eigenvalue weighted by atomic mass is 16.3. The van der Waals surface area contributed by atoms with E-state index in [-0.39, 0.29) is 6.04 Å². The molecule has 0 saturated carbocycles. The fraction of sp³-hybridized carbons (Fsp3) is 0.333. The maximum Gasteiger partial charge on any atom is 0.0955 e. The van der Waals surface area contributed by atoms with Crippen molar-refractivity contribution in [3.05, 3.63) is 54.0 Å². The van der Waals surface area contributed by atoms with Crippen LogP contribution in [0, 0.1) is 6.92 Å². The number of rotatable bonds is 5. The third-order valence-electron chi connectivity index (χ3n) is 3.20. The number of hydrogen-bond donors (Lipinski definition) is 1. The summed E-state index contributed by atoms with van der Waals surface area (Å²) in [5, 5.41) is 0. The van der Waals surface area contributed by atoms with E-state index in [2.05, 4.69) is 43.0 Å². The van der Waals surface area contributed by atoms with Crippen LogP contribution in [0.2, 0.25) is 0 Å². The molecule has 0 aliphatic heterocycles. The Bertz CT molecular complexity index is 479. The number of likely N-dealkylation sites (N-methyl/N-ethyl adjacent to an activating group) is 1. The van der Waals surface area contributed by atoms with Gasteiger partial charge in [0, 0.05) is 24.3 Å².